The molecular weight excluding hydrogens is 251 g/mol. The molecule has 1 aromatic rings. The number of halogens is 3. The van der Waals surface area contributed by atoms with Crippen LogP contribution in [0.3, 0.4) is 0 Å². The quantitative estimate of drug-likeness (QED) is 0.287. The van der Waals surface area contributed by atoms with E-state index in [-0.39, 0.29) is 6.07 Å². The third-order valence-electron chi connectivity index (χ3n) is 2.07. The molecule has 2 N–H and O–H groups in total. The normalized spacial score (nSPS) is 11.8. The molecule has 0 aliphatic heterocycles. The fraction of sp³-hybridized carbons (Fsp3) is 0.0909. The van der Waals surface area contributed by atoms with Crippen LogP contribution in [0.1, 0.15) is 5.56 Å². The highest BCUT2D eigenvalue weighted by molar-refractivity contribution is 6.14. The van der Waals surface area contributed by atoms with Gasteiger partial charge in [-0.05, 0) is 6.07 Å². The van der Waals surface area contributed by atoms with Crippen LogP contribution < -0.4 is 0 Å². The van der Waals surface area contributed by atoms with Crippen molar-refractivity contribution >= 4 is 17.9 Å². The summed E-state index contributed by atoms with van der Waals surface area (Å²) in [6, 6.07) is 0.603. The number of aliphatic hydroxyl groups is 1. The van der Waals surface area contributed by atoms with Crippen LogP contribution in [0, 0.1) is 22.9 Å². The Kier molecular flexibility index (Phi) is 4.09. The van der Waals surface area contributed by atoms with Crippen LogP contribution in [0.15, 0.2) is 17.7 Å². The van der Waals surface area contributed by atoms with Crippen LogP contribution in [0.4, 0.5) is 13.2 Å². The minimum Gasteiger partial charge on any atom is -0.506 e. The summed E-state index contributed by atoms with van der Waals surface area (Å²) in [6.45, 7) is 0. The Hall–Kier alpha value is -2.31. The Labute approximate surface area is 99.8 Å². The second-order valence-corrected chi connectivity index (χ2v) is 3.14. The summed E-state index contributed by atoms with van der Waals surface area (Å²) < 4.78 is 43.2. The van der Waals surface area contributed by atoms with Crippen LogP contribution in [0.25, 0.3) is 5.76 Å². The SMILES string of the molecule is COC(=O)/C(C=N)=C(/O)c1cc(F)c(F)cc1F. The van der Waals surface area contributed by atoms with E-state index in [0.29, 0.717) is 12.3 Å². The first-order valence-electron chi connectivity index (χ1n) is 4.59. The molecule has 96 valence electrons. The predicted molar refractivity (Wildman–Crippen MR) is 56.7 cm³/mol. The van der Waals surface area contributed by atoms with Crippen molar-refractivity contribution in [3.8, 4) is 0 Å². The van der Waals surface area contributed by atoms with Gasteiger partial charge in [0.15, 0.2) is 11.6 Å². The smallest absolute Gasteiger partial charge is 0.343 e. The second kappa shape index (κ2) is 5.35. The van der Waals surface area contributed by atoms with Gasteiger partial charge in [-0.15, -0.1) is 0 Å². The van der Waals surface area contributed by atoms with E-state index in [1.807, 2.05) is 0 Å². The van der Waals surface area contributed by atoms with Crippen molar-refractivity contribution in [2.75, 3.05) is 7.11 Å². The van der Waals surface area contributed by atoms with Gasteiger partial charge in [0.2, 0.25) is 0 Å². The first kappa shape index (κ1) is 13.8. The summed E-state index contributed by atoms with van der Waals surface area (Å²) in [6.07, 6.45) is 0.419. The third kappa shape index (κ3) is 2.50. The van der Waals surface area contributed by atoms with Crippen molar-refractivity contribution < 1.29 is 27.8 Å². The number of rotatable bonds is 3. The van der Waals surface area contributed by atoms with Crippen molar-refractivity contribution in [2.45, 2.75) is 0 Å². The van der Waals surface area contributed by atoms with Crippen molar-refractivity contribution in [1.29, 1.82) is 5.41 Å². The Morgan fingerprint density at radius 2 is 1.83 bits per heavy atom. The lowest BCUT2D eigenvalue weighted by molar-refractivity contribution is -0.135. The van der Waals surface area contributed by atoms with Gasteiger partial charge in [-0.25, -0.2) is 18.0 Å². The van der Waals surface area contributed by atoms with E-state index in [9.17, 15) is 23.1 Å². The lowest BCUT2D eigenvalue weighted by Crippen LogP contribution is -2.09. The molecule has 0 saturated heterocycles. The molecular formula is C11H8F3NO3. The lowest BCUT2D eigenvalue weighted by Gasteiger charge is -2.06. The molecule has 18 heavy (non-hydrogen) atoms. The summed E-state index contributed by atoms with van der Waals surface area (Å²) in [4.78, 5) is 11.1. The van der Waals surface area contributed by atoms with Crippen LogP contribution in [-0.4, -0.2) is 24.4 Å². The number of esters is 1. The number of hydrogen-bond donors (Lipinski definition) is 2. The van der Waals surface area contributed by atoms with E-state index in [1.165, 1.54) is 0 Å². The van der Waals surface area contributed by atoms with Crippen LogP contribution in [-0.2, 0) is 9.53 Å². The van der Waals surface area contributed by atoms with E-state index < -0.39 is 40.3 Å². The number of hydrogen-bond acceptors (Lipinski definition) is 4. The molecule has 0 spiro atoms. The molecule has 0 heterocycles. The summed E-state index contributed by atoms with van der Waals surface area (Å²) >= 11 is 0. The maximum Gasteiger partial charge on any atom is 0.343 e. The highest BCUT2D eigenvalue weighted by atomic mass is 19.2. The Balaban J connectivity index is 3.45. The third-order valence-corrected chi connectivity index (χ3v) is 2.07. The van der Waals surface area contributed by atoms with E-state index in [0.717, 1.165) is 7.11 Å². The molecule has 0 aliphatic rings. The standard InChI is InChI=1S/C11H8F3NO3/c1-18-11(17)6(4-15)10(16)5-2-8(13)9(14)3-7(5)12/h2-4,15-16H,1H3/b10-6+,15-4?. The molecule has 0 amide bonds. The highest BCUT2D eigenvalue weighted by Crippen LogP contribution is 2.22. The zero-order chi connectivity index (χ0) is 13.9. The zero-order valence-corrected chi connectivity index (χ0v) is 9.13. The van der Waals surface area contributed by atoms with E-state index in [1.54, 1.807) is 0 Å². The van der Waals surface area contributed by atoms with Crippen LogP contribution in [0.2, 0.25) is 0 Å². The number of methoxy groups -OCH3 is 1. The predicted octanol–water partition coefficient (Wildman–Crippen LogP) is 2.20. The molecule has 0 fully saturated rings. The monoisotopic (exact) mass is 259 g/mol. The molecule has 7 heteroatoms. The Morgan fingerprint density at radius 3 is 2.33 bits per heavy atom. The molecule has 1 rings (SSSR count). The molecule has 0 saturated carbocycles. The Morgan fingerprint density at radius 1 is 1.28 bits per heavy atom. The van der Waals surface area contributed by atoms with Gasteiger partial charge < -0.3 is 15.3 Å². The lowest BCUT2D eigenvalue weighted by atomic mass is 10.1. The summed E-state index contributed by atoms with van der Waals surface area (Å²) in [5.74, 6) is -6.21. The molecule has 0 radical (unpaired) electrons. The minimum absolute atomic E-state index is 0.222. The van der Waals surface area contributed by atoms with E-state index >= 15 is 0 Å². The molecule has 0 bridgehead atoms. The first-order valence-corrected chi connectivity index (χ1v) is 4.59. The van der Waals surface area contributed by atoms with Crippen molar-refractivity contribution in [2.24, 2.45) is 0 Å². The van der Waals surface area contributed by atoms with Gasteiger partial charge in [-0.3, -0.25) is 0 Å². The number of nitrogens with one attached hydrogen (secondary N) is 1. The second-order valence-electron chi connectivity index (χ2n) is 3.14. The number of benzene rings is 1. The van der Waals surface area contributed by atoms with Crippen molar-refractivity contribution in [3.05, 3.63) is 40.7 Å². The maximum absolute atomic E-state index is 13.3. The molecule has 0 aliphatic carbocycles. The highest BCUT2D eigenvalue weighted by Gasteiger charge is 2.19. The fourth-order valence-corrected chi connectivity index (χ4v) is 1.18. The zero-order valence-electron chi connectivity index (χ0n) is 9.13. The molecule has 0 atom stereocenters. The summed E-state index contributed by atoms with van der Waals surface area (Å²) in [5.41, 5.74) is -1.42. The van der Waals surface area contributed by atoms with Crippen molar-refractivity contribution in [1.82, 2.24) is 0 Å². The Bertz CT molecular complexity index is 541. The minimum atomic E-state index is -1.43. The topological polar surface area (TPSA) is 70.4 Å². The summed E-state index contributed by atoms with van der Waals surface area (Å²) in [5, 5.41) is 16.5. The van der Waals surface area contributed by atoms with Gasteiger partial charge in [0.05, 0.1) is 12.7 Å². The van der Waals surface area contributed by atoms with Gasteiger partial charge >= 0.3 is 5.97 Å². The number of aliphatic hydroxyl groups excluding tert-OH is 1. The van der Waals surface area contributed by atoms with Gasteiger partial charge in [-0.1, -0.05) is 0 Å². The number of ether oxygens (including phenoxy) is 1. The first-order chi connectivity index (χ1) is 8.42. The fourth-order valence-electron chi connectivity index (χ4n) is 1.18. The van der Waals surface area contributed by atoms with Gasteiger partial charge in [0.1, 0.15) is 17.1 Å². The van der Waals surface area contributed by atoms with Crippen molar-refractivity contribution in [3.63, 3.8) is 0 Å². The van der Waals surface area contributed by atoms with Crippen LogP contribution in [0.5, 0.6) is 0 Å². The average Bonchev–Trinajstić information content (AvgIpc) is 2.34. The van der Waals surface area contributed by atoms with Crippen LogP contribution >= 0.6 is 0 Å². The molecule has 0 aromatic heterocycles. The molecule has 1 aromatic carbocycles. The molecule has 4 nitrogen and oxygen atoms in total. The van der Waals surface area contributed by atoms with Gasteiger partial charge in [0.25, 0.3) is 0 Å². The largest absolute Gasteiger partial charge is 0.506 e. The summed E-state index contributed by atoms with van der Waals surface area (Å²) in [7, 11) is 0.987. The maximum atomic E-state index is 13.3. The average molecular weight is 259 g/mol. The number of carbonyl (C=O) groups is 1. The van der Waals surface area contributed by atoms with Gasteiger partial charge in [-0.2, -0.15) is 0 Å². The van der Waals surface area contributed by atoms with E-state index in [4.69, 9.17) is 5.41 Å². The van der Waals surface area contributed by atoms with Gasteiger partial charge in [0, 0.05) is 12.3 Å². The molecule has 0 unspecified atom stereocenters. The number of carbonyl (C=O) groups excluding carboxylic acids is 1. The van der Waals surface area contributed by atoms with E-state index in [2.05, 4.69) is 4.74 Å².